The summed E-state index contributed by atoms with van der Waals surface area (Å²) in [5.74, 6) is 0.297. The second-order valence-corrected chi connectivity index (χ2v) is 7.19. The third-order valence-corrected chi connectivity index (χ3v) is 4.68. The highest BCUT2D eigenvalue weighted by molar-refractivity contribution is 6.03. The number of carboxylic acid groups (broad SMARTS) is 1. The summed E-state index contributed by atoms with van der Waals surface area (Å²) in [6, 6.07) is 3.90. The molecule has 10 heteroatoms. The van der Waals surface area contributed by atoms with Gasteiger partial charge in [-0.05, 0) is 45.4 Å². The summed E-state index contributed by atoms with van der Waals surface area (Å²) in [7, 11) is 1.86. The molecule has 3 aromatic rings. The molecule has 0 saturated carbocycles. The maximum atomic E-state index is 11.9. The van der Waals surface area contributed by atoms with E-state index in [1.165, 1.54) is 0 Å². The van der Waals surface area contributed by atoms with Crippen LogP contribution in [0.2, 0.25) is 0 Å². The Hall–Kier alpha value is -3.27. The minimum absolute atomic E-state index is 0.119. The SMILES string of the molecule is CCOCCn1nc(C(=O)O)c2nc(N(C)C(C)C)nc(Nc3cc(C)ccn3)c21. The van der Waals surface area contributed by atoms with Gasteiger partial charge in [0.25, 0.3) is 0 Å². The van der Waals surface area contributed by atoms with Crippen LogP contribution in [0, 0.1) is 6.92 Å². The molecular formula is C20H27N7O3. The molecule has 160 valence electrons. The van der Waals surface area contributed by atoms with Gasteiger partial charge in [-0.1, -0.05) is 0 Å². The van der Waals surface area contributed by atoms with Crippen LogP contribution in [0.1, 0.15) is 36.8 Å². The van der Waals surface area contributed by atoms with Gasteiger partial charge in [-0.25, -0.2) is 14.8 Å². The van der Waals surface area contributed by atoms with Crippen molar-refractivity contribution in [1.82, 2.24) is 24.7 Å². The molecule has 0 aromatic carbocycles. The highest BCUT2D eigenvalue weighted by Gasteiger charge is 2.24. The van der Waals surface area contributed by atoms with Crippen LogP contribution in [0.25, 0.3) is 11.0 Å². The Bertz CT molecular complexity index is 1050. The number of nitrogens with zero attached hydrogens (tertiary/aromatic N) is 6. The summed E-state index contributed by atoms with van der Waals surface area (Å²) >= 11 is 0. The lowest BCUT2D eigenvalue weighted by Gasteiger charge is -2.22. The summed E-state index contributed by atoms with van der Waals surface area (Å²) in [6.07, 6.45) is 1.70. The van der Waals surface area contributed by atoms with Gasteiger partial charge in [-0.3, -0.25) is 4.68 Å². The molecule has 3 heterocycles. The smallest absolute Gasteiger partial charge is 0.358 e. The van der Waals surface area contributed by atoms with E-state index in [0.29, 0.717) is 42.9 Å². The molecule has 0 amide bonds. The molecule has 0 saturated heterocycles. The first-order valence-electron chi connectivity index (χ1n) is 9.83. The molecule has 0 bridgehead atoms. The first-order valence-corrected chi connectivity index (χ1v) is 9.83. The van der Waals surface area contributed by atoms with E-state index in [2.05, 4.69) is 25.4 Å². The predicted molar refractivity (Wildman–Crippen MR) is 115 cm³/mol. The summed E-state index contributed by atoms with van der Waals surface area (Å²) in [5, 5.41) is 17.2. The lowest BCUT2D eigenvalue weighted by atomic mass is 10.3. The number of ether oxygens (including phenoxy) is 1. The van der Waals surface area contributed by atoms with Gasteiger partial charge < -0.3 is 20.1 Å². The van der Waals surface area contributed by atoms with E-state index in [0.717, 1.165) is 5.56 Å². The lowest BCUT2D eigenvalue weighted by molar-refractivity contribution is 0.0690. The van der Waals surface area contributed by atoms with E-state index in [4.69, 9.17) is 4.74 Å². The zero-order valence-corrected chi connectivity index (χ0v) is 17.9. The molecule has 0 unspecified atom stereocenters. The van der Waals surface area contributed by atoms with Crippen molar-refractivity contribution in [2.75, 3.05) is 30.5 Å². The molecular weight excluding hydrogens is 386 g/mol. The number of aromatic nitrogens is 5. The molecule has 0 atom stereocenters. The van der Waals surface area contributed by atoms with Crippen molar-refractivity contribution in [2.24, 2.45) is 0 Å². The summed E-state index contributed by atoms with van der Waals surface area (Å²) < 4.78 is 7.01. The van der Waals surface area contributed by atoms with Gasteiger partial charge in [-0.15, -0.1) is 0 Å². The molecule has 3 aromatic heterocycles. The van der Waals surface area contributed by atoms with Crippen LogP contribution in [-0.2, 0) is 11.3 Å². The van der Waals surface area contributed by atoms with Gasteiger partial charge >= 0.3 is 5.97 Å². The van der Waals surface area contributed by atoms with Crippen LogP contribution >= 0.6 is 0 Å². The monoisotopic (exact) mass is 413 g/mol. The van der Waals surface area contributed by atoms with E-state index in [1.807, 2.05) is 51.8 Å². The van der Waals surface area contributed by atoms with Gasteiger partial charge in [0.05, 0.1) is 13.2 Å². The van der Waals surface area contributed by atoms with Crippen molar-refractivity contribution in [3.8, 4) is 0 Å². The van der Waals surface area contributed by atoms with Gasteiger partial charge in [-0.2, -0.15) is 10.1 Å². The first-order chi connectivity index (χ1) is 14.3. The number of aryl methyl sites for hydroxylation is 1. The van der Waals surface area contributed by atoms with Crippen LogP contribution in [-0.4, -0.2) is 62.1 Å². The number of carboxylic acids is 1. The standard InChI is InChI=1S/C20H27N7O3/c1-6-30-10-9-27-17-15(16(25-27)19(28)29)23-20(26(5)12(2)3)24-18(17)22-14-11-13(4)7-8-21-14/h7-8,11-12H,6,9-10H2,1-5H3,(H,28,29)(H,21,22,23,24). The molecule has 0 fully saturated rings. The Morgan fingerprint density at radius 1 is 1.37 bits per heavy atom. The first kappa shape index (κ1) is 21.4. The second-order valence-electron chi connectivity index (χ2n) is 7.19. The van der Waals surface area contributed by atoms with Crippen LogP contribution in [0.3, 0.4) is 0 Å². The Morgan fingerprint density at radius 3 is 2.77 bits per heavy atom. The van der Waals surface area contributed by atoms with Crippen molar-refractivity contribution < 1.29 is 14.6 Å². The Labute approximate surface area is 174 Å². The summed E-state index contributed by atoms with van der Waals surface area (Å²) in [5.41, 5.74) is 1.68. The fourth-order valence-corrected chi connectivity index (χ4v) is 2.87. The fraction of sp³-hybridized carbons (Fsp3) is 0.450. The zero-order chi connectivity index (χ0) is 21.8. The highest BCUT2D eigenvalue weighted by Crippen LogP contribution is 2.29. The van der Waals surface area contributed by atoms with E-state index in [-0.39, 0.29) is 17.3 Å². The average molecular weight is 413 g/mol. The molecule has 0 aliphatic heterocycles. The lowest BCUT2D eigenvalue weighted by Crippen LogP contribution is -2.28. The van der Waals surface area contributed by atoms with Crippen LogP contribution in [0.4, 0.5) is 17.6 Å². The number of pyridine rings is 1. The van der Waals surface area contributed by atoms with Crippen molar-refractivity contribution in [1.29, 1.82) is 0 Å². The number of aromatic carboxylic acids is 1. The topological polar surface area (TPSA) is 118 Å². The number of hydrogen-bond donors (Lipinski definition) is 2. The van der Waals surface area contributed by atoms with Crippen LogP contribution in [0.5, 0.6) is 0 Å². The number of carbonyl (C=O) groups is 1. The van der Waals surface area contributed by atoms with Gasteiger partial charge in [0.1, 0.15) is 16.9 Å². The number of anilines is 3. The molecule has 0 aliphatic carbocycles. The largest absolute Gasteiger partial charge is 0.476 e. The maximum Gasteiger partial charge on any atom is 0.358 e. The molecule has 10 nitrogen and oxygen atoms in total. The van der Waals surface area contributed by atoms with E-state index in [1.54, 1.807) is 10.9 Å². The molecule has 30 heavy (non-hydrogen) atoms. The Balaban J connectivity index is 2.21. The Morgan fingerprint density at radius 2 is 2.13 bits per heavy atom. The molecule has 0 radical (unpaired) electrons. The van der Waals surface area contributed by atoms with Gasteiger partial charge in [0.15, 0.2) is 11.5 Å². The minimum atomic E-state index is -1.15. The summed E-state index contributed by atoms with van der Waals surface area (Å²) in [6.45, 7) is 9.20. The third-order valence-electron chi connectivity index (χ3n) is 4.68. The van der Waals surface area contributed by atoms with Crippen molar-refractivity contribution in [3.63, 3.8) is 0 Å². The molecule has 0 aliphatic rings. The van der Waals surface area contributed by atoms with Gasteiger partial charge in [0.2, 0.25) is 5.95 Å². The van der Waals surface area contributed by atoms with E-state index in [9.17, 15) is 9.90 Å². The normalized spacial score (nSPS) is 11.3. The van der Waals surface area contributed by atoms with Crippen molar-refractivity contribution >= 4 is 34.6 Å². The van der Waals surface area contributed by atoms with E-state index >= 15 is 0 Å². The molecule has 0 spiro atoms. The fourth-order valence-electron chi connectivity index (χ4n) is 2.87. The maximum absolute atomic E-state index is 11.9. The van der Waals surface area contributed by atoms with Crippen LogP contribution in [0.15, 0.2) is 18.3 Å². The number of rotatable bonds is 9. The quantitative estimate of drug-likeness (QED) is 0.510. The van der Waals surface area contributed by atoms with E-state index < -0.39 is 5.97 Å². The minimum Gasteiger partial charge on any atom is -0.476 e. The van der Waals surface area contributed by atoms with Gasteiger partial charge in [0, 0.05) is 25.9 Å². The molecule has 3 rings (SSSR count). The zero-order valence-electron chi connectivity index (χ0n) is 17.9. The Kier molecular flexibility index (Phi) is 6.46. The second kappa shape index (κ2) is 9.04. The number of nitrogens with one attached hydrogen (secondary N) is 1. The highest BCUT2D eigenvalue weighted by atomic mass is 16.5. The van der Waals surface area contributed by atoms with Crippen LogP contribution < -0.4 is 10.2 Å². The predicted octanol–water partition coefficient (Wildman–Crippen LogP) is 2.85. The third kappa shape index (κ3) is 4.48. The number of fused-ring (bicyclic) bond motifs is 1. The molecule has 2 N–H and O–H groups in total. The average Bonchev–Trinajstić information content (AvgIpc) is 3.06. The van der Waals surface area contributed by atoms with Crippen molar-refractivity contribution in [3.05, 3.63) is 29.6 Å². The number of hydrogen-bond acceptors (Lipinski definition) is 8. The summed E-state index contributed by atoms with van der Waals surface area (Å²) in [4.78, 5) is 27.3. The van der Waals surface area contributed by atoms with Crippen molar-refractivity contribution in [2.45, 2.75) is 40.3 Å².